The first-order valence-electron chi connectivity index (χ1n) is 5.12. The highest BCUT2D eigenvalue weighted by atomic mass is 16.1. The predicted molar refractivity (Wildman–Crippen MR) is 53.0 cm³/mol. The molecular weight excluding hydrogens is 148 g/mol. The fourth-order valence-electron chi connectivity index (χ4n) is 1.17. The zero-order valence-corrected chi connectivity index (χ0v) is 8.27. The third-order valence-corrected chi connectivity index (χ3v) is 2.01. The Balaban J connectivity index is 3.08. The van der Waals surface area contributed by atoms with Gasteiger partial charge in [-0.2, -0.15) is 0 Å². The lowest BCUT2D eigenvalue weighted by molar-refractivity contribution is -0.119. The van der Waals surface area contributed by atoms with Gasteiger partial charge in [0.05, 0.1) is 0 Å². The Hall–Kier alpha value is -0.330. The van der Waals surface area contributed by atoms with Crippen LogP contribution in [0.25, 0.3) is 0 Å². The van der Waals surface area contributed by atoms with Crippen LogP contribution in [0.1, 0.15) is 58.3 Å². The van der Waals surface area contributed by atoms with Crippen LogP contribution in [0.15, 0.2) is 0 Å². The molecule has 1 nitrogen and oxygen atoms in total. The zero-order valence-electron chi connectivity index (χ0n) is 8.27. The average Bonchev–Trinajstić information content (AvgIpc) is 2.09. The van der Waals surface area contributed by atoms with Gasteiger partial charge in [0.2, 0.25) is 0 Å². The lowest BCUT2D eigenvalue weighted by atomic mass is 10.1. The van der Waals surface area contributed by atoms with Crippen molar-refractivity contribution in [3.8, 4) is 0 Å². The van der Waals surface area contributed by atoms with E-state index in [2.05, 4.69) is 13.8 Å². The summed E-state index contributed by atoms with van der Waals surface area (Å²) in [6.07, 6.45) is 8.18. The molecule has 0 aliphatic rings. The first-order valence-corrected chi connectivity index (χ1v) is 5.12. The summed E-state index contributed by atoms with van der Waals surface area (Å²) < 4.78 is 0. The SMILES string of the molecule is [CH2]CCCCCC(=O)CCCC. The molecule has 0 N–H and O–H groups in total. The summed E-state index contributed by atoms with van der Waals surface area (Å²) in [5.74, 6) is 0.445. The highest BCUT2D eigenvalue weighted by Gasteiger charge is 1.99. The van der Waals surface area contributed by atoms with Crippen molar-refractivity contribution in [2.45, 2.75) is 58.3 Å². The van der Waals surface area contributed by atoms with Crippen LogP contribution in [0, 0.1) is 6.92 Å². The minimum Gasteiger partial charge on any atom is -0.300 e. The minimum absolute atomic E-state index is 0.445. The van der Waals surface area contributed by atoms with E-state index in [0.717, 1.165) is 38.5 Å². The van der Waals surface area contributed by atoms with Gasteiger partial charge in [0.15, 0.2) is 0 Å². The molecule has 0 aromatic heterocycles. The molecule has 0 heterocycles. The van der Waals surface area contributed by atoms with E-state index in [9.17, 15) is 4.79 Å². The monoisotopic (exact) mass is 169 g/mol. The van der Waals surface area contributed by atoms with E-state index in [1.54, 1.807) is 0 Å². The van der Waals surface area contributed by atoms with Gasteiger partial charge in [-0.25, -0.2) is 0 Å². The van der Waals surface area contributed by atoms with Gasteiger partial charge in [0, 0.05) is 12.8 Å². The van der Waals surface area contributed by atoms with Crippen molar-refractivity contribution in [3.05, 3.63) is 6.92 Å². The molecule has 0 amide bonds. The molecule has 0 saturated heterocycles. The number of unbranched alkanes of at least 4 members (excludes halogenated alkanes) is 4. The van der Waals surface area contributed by atoms with Crippen LogP contribution in [-0.2, 0) is 4.79 Å². The number of carbonyl (C=O) groups is 1. The van der Waals surface area contributed by atoms with E-state index in [-0.39, 0.29) is 0 Å². The van der Waals surface area contributed by atoms with Gasteiger partial charge in [0.25, 0.3) is 0 Å². The van der Waals surface area contributed by atoms with Crippen molar-refractivity contribution in [2.24, 2.45) is 0 Å². The number of rotatable bonds is 8. The van der Waals surface area contributed by atoms with E-state index >= 15 is 0 Å². The standard InChI is InChI=1S/C11H21O/c1-3-5-7-8-10-11(12)9-6-4-2/h1,3-10H2,2H3. The Morgan fingerprint density at radius 1 is 1.08 bits per heavy atom. The molecule has 0 spiro atoms. The van der Waals surface area contributed by atoms with Crippen LogP contribution in [0.4, 0.5) is 0 Å². The summed E-state index contributed by atoms with van der Waals surface area (Å²) in [6, 6.07) is 0. The molecule has 71 valence electrons. The fraction of sp³-hybridized carbons (Fsp3) is 0.818. The molecule has 0 aromatic rings. The Kier molecular flexibility index (Phi) is 8.52. The maximum absolute atomic E-state index is 11.1. The molecule has 1 heteroatoms. The Morgan fingerprint density at radius 2 is 1.75 bits per heavy atom. The van der Waals surface area contributed by atoms with Gasteiger partial charge in [-0.15, -0.1) is 0 Å². The van der Waals surface area contributed by atoms with E-state index < -0.39 is 0 Å². The van der Waals surface area contributed by atoms with Crippen LogP contribution in [0.2, 0.25) is 0 Å². The van der Waals surface area contributed by atoms with Crippen LogP contribution in [-0.4, -0.2) is 5.78 Å². The van der Waals surface area contributed by atoms with E-state index in [1.807, 2.05) is 0 Å². The first-order chi connectivity index (χ1) is 5.81. The molecule has 0 rings (SSSR count). The van der Waals surface area contributed by atoms with Crippen LogP contribution >= 0.6 is 0 Å². The lowest BCUT2D eigenvalue weighted by Crippen LogP contribution is -1.96. The second-order valence-corrected chi connectivity index (χ2v) is 3.31. The summed E-state index contributed by atoms with van der Waals surface area (Å²) in [5, 5.41) is 0. The quantitative estimate of drug-likeness (QED) is 0.508. The normalized spacial score (nSPS) is 10.2. The van der Waals surface area contributed by atoms with Gasteiger partial charge < -0.3 is 0 Å². The number of Topliss-reactive ketones (excluding diaryl/α,β-unsaturated/α-hetero) is 1. The summed E-state index contributed by atoms with van der Waals surface area (Å²) in [7, 11) is 0. The Labute approximate surface area is 76.6 Å². The highest BCUT2D eigenvalue weighted by molar-refractivity contribution is 5.78. The van der Waals surface area contributed by atoms with E-state index in [1.165, 1.54) is 12.8 Å². The molecule has 0 saturated carbocycles. The van der Waals surface area contributed by atoms with Crippen molar-refractivity contribution >= 4 is 5.78 Å². The lowest BCUT2D eigenvalue weighted by Gasteiger charge is -1.98. The third kappa shape index (κ3) is 7.77. The largest absolute Gasteiger partial charge is 0.300 e. The van der Waals surface area contributed by atoms with Crippen LogP contribution < -0.4 is 0 Å². The van der Waals surface area contributed by atoms with Gasteiger partial charge in [-0.1, -0.05) is 39.5 Å². The number of hydrogen-bond acceptors (Lipinski definition) is 1. The fourth-order valence-corrected chi connectivity index (χ4v) is 1.17. The molecule has 0 atom stereocenters. The highest BCUT2D eigenvalue weighted by Crippen LogP contribution is 2.06. The van der Waals surface area contributed by atoms with Crippen molar-refractivity contribution in [2.75, 3.05) is 0 Å². The van der Waals surface area contributed by atoms with Crippen LogP contribution in [0.5, 0.6) is 0 Å². The van der Waals surface area contributed by atoms with Gasteiger partial charge in [-0.3, -0.25) is 4.79 Å². The maximum Gasteiger partial charge on any atom is 0.132 e. The topological polar surface area (TPSA) is 17.1 Å². The Morgan fingerprint density at radius 3 is 2.33 bits per heavy atom. The molecule has 0 aliphatic carbocycles. The van der Waals surface area contributed by atoms with Gasteiger partial charge in [0.1, 0.15) is 5.78 Å². The molecule has 0 bridgehead atoms. The number of carbonyl (C=O) groups excluding carboxylic acids is 1. The van der Waals surface area contributed by atoms with Crippen LogP contribution in [0.3, 0.4) is 0 Å². The van der Waals surface area contributed by atoms with Gasteiger partial charge >= 0.3 is 0 Å². The maximum atomic E-state index is 11.1. The smallest absolute Gasteiger partial charge is 0.132 e. The zero-order chi connectivity index (χ0) is 9.23. The second-order valence-electron chi connectivity index (χ2n) is 3.31. The number of hydrogen-bond donors (Lipinski definition) is 0. The molecule has 12 heavy (non-hydrogen) atoms. The predicted octanol–water partition coefficient (Wildman–Crippen LogP) is 3.53. The van der Waals surface area contributed by atoms with Crippen molar-refractivity contribution < 1.29 is 4.79 Å². The minimum atomic E-state index is 0.445. The van der Waals surface area contributed by atoms with E-state index in [4.69, 9.17) is 0 Å². The third-order valence-electron chi connectivity index (χ3n) is 2.01. The molecular formula is C11H21O. The molecule has 0 unspecified atom stereocenters. The van der Waals surface area contributed by atoms with Crippen molar-refractivity contribution in [1.29, 1.82) is 0 Å². The van der Waals surface area contributed by atoms with E-state index in [0.29, 0.717) is 5.78 Å². The van der Waals surface area contributed by atoms with Gasteiger partial charge in [-0.05, 0) is 12.8 Å². The summed E-state index contributed by atoms with van der Waals surface area (Å²) in [4.78, 5) is 11.1. The molecule has 1 radical (unpaired) electrons. The van der Waals surface area contributed by atoms with Crippen molar-refractivity contribution in [3.63, 3.8) is 0 Å². The van der Waals surface area contributed by atoms with Crippen molar-refractivity contribution in [1.82, 2.24) is 0 Å². The summed E-state index contributed by atoms with van der Waals surface area (Å²) >= 11 is 0. The summed E-state index contributed by atoms with van der Waals surface area (Å²) in [5.41, 5.74) is 0. The summed E-state index contributed by atoms with van der Waals surface area (Å²) in [6.45, 7) is 5.89. The number of ketones is 1. The Bertz CT molecular complexity index is 108. The molecule has 0 fully saturated rings. The first kappa shape index (κ1) is 11.7. The second kappa shape index (κ2) is 8.76. The molecule has 0 aliphatic heterocycles. The molecule has 0 aromatic carbocycles. The average molecular weight is 169 g/mol.